The number of anilines is 1. The largest absolute Gasteiger partial charge is 0.494 e. The molecule has 0 aliphatic heterocycles. The molecule has 0 radical (unpaired) electrons. The number of allylic oxidation sites excluding steroid dienone is 1. The third-order valence-electron chi connectivity index (χ3n) is 4.21. The molecule has 0 heterocycles. The predicted molar refractivity (Wildman–Crippen MR) is 123 cm³/mol. The first-order valence-electron chi connectivity index (χ1n) is 10.3. The molecule has 0 saturated carbocycles. The van der Waals surface area contributed by atoms with Crippen LogP contribution in [0.15, 0.2) is 54.6 Å². The van der Waals surface area contributed by atoms with Crippen molar-refractivity contribution in [3.8, 4) is 23.3 Å². The molecule has 0 unspecified atom stereocenters. The Hall–Kier alpha value is -3.72. The maximum Gasteiger partial charge on any atom is 0.266 e. The number of rotatable bonds is 11. The van der Waals surface area contributed by atoms with E-state index in [1.54, 1.807) is 36.4 Å². The van der Waals surface area contributed by atoms with Gasteiger partial charge in [0.15, 0.2) is 11.5 Å². The van der Waals surface area contributed by atoms with Crippen molar-refractivity contribution in [2.75, 3.05) is 25.1 Å². The van der Waals surface area contributed by atoms with Crippen molar-refractivity contribution < 1.29 is 19.0 Å². The molecule has 0 saturated heterocycles. The lowest BCUT2D eigenvalue weighted by Gasteiger charge is -2.16. The van der Waals surface area contributed by atoms with E-state index in [9.17, 15) is 10.1 Å². The summed E-state index contributed by atoms with van der Waals surface area (Å²) in [6.45, 7) is 11.0. The van der Waals surface area contributed by atoms with Crippen LogP contribution in [0, 0.1) is 11.3 Å². The van der Waals surface area contributed by atoms with Crippen LogP contribution in [0.1, 0.15) is 31.9 Å². The van der Waals surface area contributed by atoms with Gasteiger partial charge in [-0.3, -0.25) is 4.79 Å². The van der Waals surface area contributed by atoms with Crippen molar-refractivity contribution in [3.05, 3.63) is 65.8 Å². The molecule has 0 fully saturated rings. The first-order chi connectivity index (χ1) is 15.1. The third-order valence-corrected chi connectivity index (χ3v) is 4.21. The van der Waals surface area contributed by atoms with Crippen molar-refractivity contribution in [2.45, 2.75) is 27.2 Å². The smallest absolute Gasteiger partial charge is 0.266 e. The second kappa shape index (κ2) is 12.1. The summed E-state index contributed by atoms with van der Waals surface area (Å²) >= 11 is 0. The molecule has 2 aromatic rings. The molecule has 0 aliphatic carbocycles. The highest BCUT2D eigenvalue weighted by Crippen LogP contribution is 2.34. The molecule has 0 spiro atoms. The standard InChI is InChI=1S/C25H28N2O4/c1-5-9-19-14-18(16-23(30-7-3)24(19)31-8-4)15-20(17-26)25(28)27-21-10-12-22(13-11-21)29-6-2/h5,10-16H,1,6-9H2,2-4H3,(H,27,28)/b20-15+. The summed E-state index contributed by atoms with van der Waals surface area (Å²) in [5.74, 6) is 1.44. The maximum absolute atomic E-state index is 12.6. The molecule has 0 atom stereocenters. The minimum absolute atomic E-state index is 0.0231. The molecule has 6 nitrogen and oxygen atoms in total. The van der Waals surface area contributed by atoms with Gasteiger partial charge in [-0.2, -0.15) is 5.26 Å². The zero-order valence-corrected chi connectivity index (χ0v) is 18.2. The number of benzene rings is 2. The van der Waals surface area contributed by atoms with Gasteiger partial charge in [0.2, 0.25) is 0 Å². The lowest BCUT2D eigenvalue weighted by atomic mass is 10.0. The number of nitriles is 1. The van der Waals surface area contributed by atoms with E-state index in [0.717, 1.165) is 5.56 Å². The summed E-state index contributed by atoms with van der Waals surface area (Å²) < 4.78 is 16.9. The van der Waals surface area contributed by atoms with Gasteiger partial charge in [-0.15, -0.1) is 6.58 Å². The van der Waals surface area contributed by atoms with E-state index in [-0.39, 0.29) is 5.57 Å². The Kier molecular flexibility index (Phi) is 9.18. The van der Waals surface area contributed by atoms with Crippen LogP contribution in [0.25, 0.3) is 6.08 Å². The second-order valence-corrected chi connectivity index (χ2v) is 6.45. The van der Waals surface area contributed by atoms with E-state index in [4.69, 9.17) is 14.2 Å². The van der Waals surface area contributed by atoms with E-state index in [2.05, 4.69) is 11.9 Å². The van der Waals surface area contributed by atoms with Crippen molar-refractivity contribution in [1.82, 2.24) is 0 Å². The van der Waals surface area contributed by atoms with Crippen LogP contribution in [0.2, 0.25) is 0 Å². The Morgan fingerprint density at radius 1 is 1.06 bits per heavy atom. The number of nitrogens with one attached hydrogen (secondary N) is 1. The van der Waals surface area contributed by atoms with Gasteiger partial charge >= 0.3 is 0 Å². The average Bonchev–Trinajstić information content (AvgIpc) is 2.76. The van der Waals surface area contributed by atoms with Gasteiger partial charge in [0.1, 0.15) is 17.4 Å². The van der Waals surface area contributed by atoms with Crippen LogP contribution in [-0.2, 0) is 11.2 Å². The zero-order chi connectivity index (χ0) is 22.6. The van der Waals surface area contributed by atoms with E-state index in [1.165, 1.54) is 6.08 Å². The van der Waals surface area contributed by atoms with Crippen molar-refractivity contribution in [3.63, 3.8) is 0 Å². The van der Waals surface area contributed by atoms with Gasteiger partial charge in [0.05, 0.1) is 19.8 Å². The van der Waals surface area contributed by atoms with Crippen molar-refractivity contribution in [1.29, 1.82) is 5.26 Å². The number of carbonyl (C=O) groups is 1. The predicted octanol–water partition coefficient (Wildman–Crippen LogP) is 5.16. The molecule has 0 aromatic heterocycles. The summed E-state index contributed by atoms with van der Waals surface area (Å²) in [6, 6.07) is 12.6. The molecular formula is C25H28N2O4. The minimum atomic E-state index is -0.497. The van der Waals surface area contributed by atoms with Crippen LogP contribution >= 0.6 is 0 Å². The van der Waals surface area contributed by atoms with E-state index in [1.807, 2.05) is 32.9 Å². The van der Waals surface area contributed by atoms with Crippen LogP contribution < -0.4 is 19.5 Å². The molecule has 31 heavy (non-hydrogen) atoms. The van der Waals surface area contributed by atoms with E-state index < -0.39 is 5.91 Å². The molecule has 6 heteroatoms. The summed E-state index contributed by atoms with van der Waals surface area (Å²) in [6.07, 6.45) is 3.87. The Morgan fingerprint density at radius 3 is 2.32 bits per heavy atom. The fraction of sp³-hybridized carbons (Fsp3) is 0.280. The van der Waals surface area contributed by atoms with Crippen molar-refractivity contribution in [2.24, 2.45) is 0 Å². The monoisotopic (exact) mass is 420 g/mol. The molecule has 2 rings (SSSR count). The third kappa shape index (κ3) is 6.65. The van der Waals surface area contributed by atoms with E-state index in [0.29, 0.717) is 54.7 Å². The number of hydrogen-bond donors (Lipinski definition) is 1. The summed E-state index contributed by atoms with van der Waals surface area (Å²) in [7, 11) is 0. The van der Waals surface area contributed by atoms with Crippen molar-refractivity contribution >= 4 is 17.7 Å². The van der Waals surface area contributed by atoms with Crippen LogP contribution in [0.4, 0.5) is 5.69 Å². The molecule has 1 N–H and O–H groups in total. The number of ether oxygens (including phenoxy) is 3. The highest BCUT2D eigenvalue weighted by molar-refractivity contribution is 6.09. The van der Waals surface area contributed by atoms with Crippen LogP contribution in [-0.4, -0.2) is 25.7 Å². The second-order valence-electron chi connectivity index (χ2n) is 6.45. The average molecular weight is 421 g/mol. The summed E-state index contributed by atoms with van der Waals surface area (Å²) in [4.78, 5) is 12.6. The van der Waals surface area contributed by atoms with Gasteiger partial charge in [-0.1, -0.05) is 6.08 Å². The molecule has 0 aliphatic rings. The molecule has 2 aromatic carbocycles. The highest BCUT2D eigenvalue weighted by Gasteiger charge is 2.15. The zero-order valence-electron chi connectivity index (χ0n) is 18.2. The van der Waals surface area contributed by atoms with Crippen LogP contribution in [0.3, 0.4) is 0 Å². The van der Waals surface area contributed by atoms with Gasteiger partial charge in [-0.05, 0) is 75.2 Å². The minimum Gasteiger partial charge on any atom is -0.494 e. The quantitative estimate of drug-likeness (QED) is 0.309. The number of amides is 1. The lowest BCUT2D eigenvalue weighted by Crippen LogP contribution is -2.13. The number of nitrogens with zero attached hydrogens (tertiary/aromatic N) is 1. The fourth-order valence-corrected chi connectivity index (χ4v) is 2.96. The SMILES string of the molecule is C=CCc1cc(/C=C(\C#N)C(=O)Nc2ccc(OCC)cc2)cc(OCC)c1OCC. The number of carbonyl (C=O) groups excluding carboxylic acids is 1. The van der Waals surface area contributed by atoms with Gasteiger partial charge in [0.25, 0.3) is 5.91 Å². The Bertz CT molecular complexity index is 972. The Labute approximate surface area is 183 Å². The first-order valence-corrected chi connectivity index (χ1v) is 10.3. The summed E-state index contributed by atoms with van der Waals surface area (Å²) in [5.41, 5.74) is 2.09. The van der Waals surface area contributed by atoms with Gasteiger partial charge < -0.3 is 19.5 Å². The first kappa shape index (κ1) is 23.6. The fourth-order valence-electron chi connectivity index (χ4n) is 2.96. The Morgan fingerprint density at radius 2 is 1.74 bits per heavy atom. The highest BCUT2D eigenvalue weighted by atomic mass is 16.5. The van der Waals surface area contributed by atoms with Crippen LogP contribution in [0.5, 0.6) is 17.2 Å². The summed E-state index contributed by atoms with van der Waals surface area (Å²) in [5, 5.41) is 12.3. The van der Waals surface area contributed by atoms with Gasteiger partial charge in [-0.25, -0.2) is 0 Å². The normalized spacial score (nSPS) is 10.7. The molecule has 162 valence electrons. The molecular weight excluding hydrogens is 392 g/mol. The maximum atomic E-state index is 12.6. The molecule has 0 bridgehead atoms. The number of hydrogen-bond acceptors (Lipinski definition) is 5. The lowest BCUT2D eigenvalue weighted by molar-refractivity contribution is -0.112. The Balaban J connectivity index is 2.34. The molecule has 1 amide bonds. The topological polar surface area (TPSA) is 80.6 Å². The van der Waals surface area contributed by atoms with Gasteiger partial charge in [0, 0.05) is 11.3 Å². The van der Waals surface area contributed by atoms with E-state index >= 15 is 0 Å².